The van der Waals surface area contributed by atoms with Crippen LogP contribution in [0.2, 0.25) is 0 Å². The maximum atomic E-state index is 12.0. The van der Waals surface area contributed by atoms with E-state index in [1.54, 1.807) is 6.92 Å². The molecule has 0 aromatic carbocycles. The summed E-state index contributed by atoms with van der Waals surface area (Å²) in [6, 6.07) is 0. The normalized spacial score (nSPS) is 10.6. The lowest BCUT2D eigenvalue weighted by Gasteiger charge is -2.05. The molecule has 0 radical (unpaired) electrons. The molecule has 100 valence electrons. The van der Waals surface area contributed by atoms with Gasteiger partial charge in [-0.3, -0.25) is 14.2 Å². The molecule has 2 aromatic rings. The molecule has 0 spiro atoms. The predicted octanol–water partition coefficient (Wildman–Crippen LogP) is -1.45. The molecule has 19 heavy (non-hydrogen) atoms. The molecule has 2 aromatic heterocycles. The quantitative estimate of drug-likeness (QED) is 0.675. The first-order valence-electron chi connectivity index (χ1n) is 5.42. The summed E-state index contributed by atoms with van der Waals surface area (Å²) in [5, 5.41) is 0. The van der Waals surface area contributed by atoms with Crippen LogP contribution >= 0.6 is 0 Å². The molecule has 0 aliphatic carbocycles. The van der Waals surface area contributed by atoms with Gasteiger partial charge in [0.15, 0.2) is 11.3 Å². The first kappa shape index (κ1) is 12.7. The number of primary amides is 1. The molecule has 0 atom stereocenters. The van der Waals surface area contributed by atoms with E-state index >= 15 is 0 Å². The average Bonchev–Trinajstić information content (AvgIpc) is 2.77. The van der Waals surface area contributed by atoms with Crippen molar-refractivity contribution >= 4 is 17.5 Å². The third kappa shape index (κ3) is 2.30. The Kier molecular flexibility index (Phi) is 3.27. The molecule has 2 rings (SSSR count). The Labute approximate surface area is 106 Å². The van der Waals surface area contributed by atoms with Crippen LogP contribution < -0.4 is 11.4 Å². The Balaban J connectivity index is 2.45. The second kappa shape index (κ2) is 4.88. The number of amides is 1. The minimum atomic E-state index is -0.780. The summed E-state index contributed by atoms with van der Waals surface area (Å²) in [4.78, 5) is 42.0. The number of hydrogen-bond acceptors (Lipinski definition) is 6. The van der Waals surface area contributed by atoms with Gasteiger partial charge < -0.3 is 10.5 Å². The van der Waals surface area contributed by atoms with Crippen molar-refractivity contribution in [2.75, 3.05) is 6.61 Å². The average molecular weight is 265 g/mol. The van der Waals surface area contributed by atoms with E-state index in [1.807, 2.05) is 0 Å². The monoisotopic (exact) mass is 265 g/mol. The zero-order chi connectivity index (χ0) is 14.0. The number of esters is 1. The summed E-state index contributed by atoms with van der Waals surface area (Å²) >= 11 is 0. The molecule has 0 aliphatic rings. The number of hydrogen-bond donors (Lipinski definition) is 1. The van der Waals surface area contributed by atoms with E-state index in [9.17, 15) is 14.4 Å². The van der Waals surface area contributed by atoms with Crippen LogP contribution in [0.4, 0.5) is 0 Å². The molecule has 0 bridgehead atoms. The number of nitrogens with zero attached hydrogens (tertiary/aromatic N) is 4. The largest absolute Gasteiger partial charge is 0.465 e. The summed E-state index contributed by atoms with van der Waals surface area (Å²) in [5.74, 6) is -1.33. The lowest BCUT2D eigenvalue weighted by molar-refractivity contribution is -0.143. The minimum Gasteiger partial charge on any atom is -0.465 e. The van der Waals surface area contributed by atoms with E-state index in [-0.39, 0.29) is 24.5 Å². The zero-order valence-corrected chi connectivity index (χ0v) is 10.1. The fraction of sp³-hybridized carbons (Fsp3) is 0.300. The molecule has 2 N–H and O–H groups in total. The minimum absolute atomic E-state index is 0.0533. The first-order valence-corrected chi connectivity index (χ1v) is 5.42. The number of carbonyl (C=O) groups excluding carboxylic acids is 2. The van der Waals surface area contributed by atoms with Crippen molar-refractivity contribution in [1.29, 1.82) is 0 Å². The van der Waals surface area contributed by atoms with E-state index in [2.05, 4.69) is 9.97 Å². The van der Waals surface area contributed by atoms with Crippen molar-refractivity contribution < 1.29 is 14.3 Å². The third-order valence-corrected chi connectivity index (χ3v) is 2.35. The molecule has 2 heterocycles. The molecule has 0 aliphatic heterocycles. The van der Waals surface area contributed by atoms with Crippen molar-refractivity contribution in [3.05, 3.63) is 28.8 Å². The number of ether oxygens (including phenoxy) is 1. The van der Waals surface area contributed by atoms with Crippen LogP contribution in [0.5, 0.6) is 0 Å². The lowest BCUT2D eigenvalue weighted by Crippen LogP contribution is -2.30. The van der Waals surface area contributed by atoms with Gasteiger partial charge in [0.1, 0.15) is 19.2 Å². The summed E-state index contributed by atoms with van der Waals surface area (Å²) in [6.45, 7) is 1.62. The van der Waals surface area contributed by atoms with Gasteiger partial charge in [-0.2, -0.15) is 0 Å². The molecular formula is C10H11N5O4. The van der Waals surface area contributed by atoms with Crippen LogP contribution in [0.1, 0.15) is 17.4 Å². The van der Waals surface area contributed by atoms with Gasteiger partial charge in [0.05, 0.1) is 6.61 Å². The summed E-state index contributed by atoms with van der Waals surface area (Å²) in [7, 11) is 0. The Morgan fingerprint density at radius 2 is 2.11 bits per heavy atom. The molecule has 0 unspecified atom stereocenters. The molecule has 9 heteroatoms. The molecular weight excluding hydrogens is 254 g/mol. The van der Waals surface area contributed by atoms with Crippen molar-refractivity contribution in [3.63, 3.8) is 0 Å². The van der Waals surface area contributed by atoms with Gasteiger partial charge in [-0.15, -0.1) is 0 Å². The molecule has 0 saturated heterocycles. The number of nitrogens with two attached hydrogens (primary N) is 1. The number of carbonyl (C=O) groups is 2. The Bertz CT molecular complexity index is 701. The Hall–Kier alpha value is -2.71. The second-order valence-electron chi connectivity index (χ2n) is 3.61. The van der Waals surface area contributed by atoms with E-state index in [0.717, 1.165) is 21.6 Å². The van der Waals surface area contributed by atoms with E-state index in [0.29, 0.717) is 0 Å². The Morgan fingerprint density at radius 1 is 1.37 bits per heavy atom. The molecule has 0 saturated carbocycles. The van der Waals surface area contributed by atoms with Gasteiger partial charge in [0, 0.05) is 0 Å². The lowest BCUT2D eigenvalue weighted by atomic mass is 10.4. The highest BCUT2D eigenvalue weighted by Crippen LogP contribution is 2.01. The van der Waals surface area contributed by atoms with Crippen molar-refractivity contribution in [3.8, 4) is 0 Å². The van der Waals surface area contributed by atoms with Crippen LogP contribution in [-0.2, 0) is 16.1 Å². The molecule has 9 nitrogen and oxygen atoms in total. The van der Waals surface area contributed by atoms with Crippen LogP contribution in [0.15, 0.2) is 17.4 Å². The van der Waals surface area contributed by atoms with Crippen LogP contribution in [0.25, 0.3) is 5.65 Å². The highest BCUT2D eigenvalue weighted by Gasteiger charge is 2.15. The number of aromatic nitrogens is 4. The fourth-order valence-corrected chi connectivity index (χ4v) is 1.55. The zero-order valence-electron chi connectivity index (χ0n) is 10.1. The highest BCUT2D eigenvalue weighted by molar-refractivity contribution is 5.96. The van der Waals surface area contributed by atoms with Gasteiger partial charge in [-0.05, 0) is 6.92 Å². The summed E-state index contributed by atoms with van der Waals surface area (Å²) in [5.41, 5.74) is 4.49. The van der Waals surface area contributed by atoms with E-state index in [4.69, 9.17) is 10.5 Å². The summed E-state index contributed by atoms with van der Waals surface area (Å²) in [6.07, 6.45) is 2.27. The molecule has 0 fully saturated rings. The van der Waals surface area contributed by atoms with E-state index in [1.165, 1.54) is 0 Å². The number of imidazole rings is 1. The first-order chi connectivity index (χ1) is 9.04. The Morgan fingerprint density at radius 3 is 2.74 bits per heavy atom. The van der Waals surface area contributed by atoms with Gasteiger partial charge >= 0.3 is 11.7 Å². The van der Waals surface area contributed by atoms with E-state index < -0.39 is 17.6 Å². The fourth-order valence-electron chi connectivity index (χ4n) is 1.55. The SMILES string of the molecule is CCOC(=O)Cn1cnc2c(C(N)=O)ncn2c1=O. The topological polar surface area (TPSA) is 122 Å². The van der Waals surface area contributed by atoms with Gasteiger partial charge in [-0.25, -0.2) is 19.2 Å². The second-order valence-corrected chi connectivity index (χ2v) is 3.61. The number of rotatable bonds is 4. The standard InChI is InChI=1S/C10H11N5O4/c1-2-19-6(16)3-14-4-13-9-7(8(11)17)12-5-15(9)10(14)18/h4-5H,2-3H2,1H3,(H2,11,17). The van der Waals surface area contributed by atoms with Crippen LogP contribution in [-0.4, -0.2) is 37.4 Å². The van der Waals surface area contributed by atoms with Gasteiger partial charge in [0.25, 0.3) is 5.91 Å². The van der Waals surface area contributed by atoms with Crippen LogP contribution in [0.3, 0.4) is 0 Å². The highest BCUT2D eigenvalue weighted by atomic mass is 16.5. The van der Waals surface area contributed by atoms with Gasteiger partial charge in [-0.1, -0.05) is 0 Å². The maximum Gasteiger partial charge on any atom is 0.336 e. The van der Waals surface area contributed by atoms with Crippen LogP contribution in [0, 0.1) is 0 Å². The smallest absolute Gasteiger partial charge is 0.336 e. The third-order valence-electron chi connectivity index (χ3n) is 2.35. The van der Waals surface area contributed by atoms with Gasteiger partial charge in [0.2, 0.25) is 0 Å². The summed E-state index contributed by atoms with van der Waals surface area (Å²) < 4.78 is 6.82. The predicted molar refractivity (Wildman–Crippen MR) is 62.4 cm³/mol. The maximum absolute atomic E-state index is 12.0. The number of fused-ring (bicyclic) bond motifs is 1. The van der Waals surface area contributed by atoms with Crippen molar-refractivity contribution in [2.45, 2.75) is 13.5 Å². The van der Waals surface area contributed by atoms with Crippen molar-refractivity contribution in [1.82, 2.24) is 18.9 Å². The van der Waals surface area contributed by atoms with Crippen molar-refractivity contribution in [2.24, 2.45) is 5.73 Å². The molecule has 1 amide bonds.